The number of thiazole rings is 1. The summed E-state index contributed by atoms with van der Waals surface area (Å²) in [6.07, 6.45) is 0.589. The van der Waals surface area contributed by atoms with Crippen molar-refractivity contribution in [2.75, 3.05) is 7.11 Å². The van der Waals surface area contributed by atoms with E-state index < -0.39 is 18.0 Å². The third-order valence-corrected chi connectivity index (χ3v) is 5.18. The Bertz CT molecular complexity index is 948. The zero-order valence-corrected chi connectivity index (χ0v) is 16.5. The predicted molar refractivity (Wildman–Crippen MR) is 104 cm³/mol. The first kappa shape index (κ1) is 19.6. The zero-order valence-electron chi connectivity index (χ0n) is 15.7. The summed E-state index contributed by atoms with van der Waals surface area (Å²) < 4.78 is 15.6. The molecule has 28 heavy (non-hydrogen) atoms. The van der Waals surface area contributed by atoms with Crippen molar-refractivity contribution in [3.63, 3.8) is 0 Å². The number of furan rings is 1. The standard InChI is InChI=1S/C20H20N2O5S/c1-12-17(28-19(22-12)14-6-8-15(25-3)9-7-14)20(24)27-13(2)18(23)21-11-16-5-4-10-26-16/h4-10,13H,11H2,1-3H3,(H,21,23)/t13-/m0/s1. The van der Waals surface area contributed by atoms with Gasteiger partial charge in [-0.15, -0.1) is 11.3 Å². The lowest BCUT2D eigenvalue weighted by molar-refractivity contribution is -0.129. The molecule has 0 saturated carbocycles. The molecule has 0 unspecified atom stereocenters. The molecule has 0 bridgehead atoms. The quantitative estimate of drug-likeness (QED) is 0.610. The van der Waals surface area contributed by atoms with E-state index in [1.54, 1.807) is 26.2 Å². The number of esters is 1. The van der Waals surface area contributed by atoms with Gasteiger partial charge in [0.1, 0.15) is 21.4 Å². The molecule has 146 valence electrons. The number of hydrogen-bond acceptors (Lipinski definition) is 7. The molecule has 0 aliphatic heterocycles. The minimum absolute atomic E-state index is 0.231. The summed E-state index contributed by atoms with van der Waals surface area (Å²) in [5, 5.41) is 3.36. The first-order valence-electron chi connectivity index (χ1n) is 8.61. The van der Waals surface area contributed by atoms with Gasteiger partial charge in [0, 0.05) is 5.56 Å². The summed E-state index contributed by atoms with van der Waals surface area (Å²) >= 11 is 1.23. The average Bonchev–Trinajstić information content (AvgIpc) is 3.35. The molecule has 1 amide bonds. The van der Waals surface area contributed by atoms with Crippen LogP contribution >= 0.6 is 11.3 Å². The second-order valence-corrected chi connectivity index (χ2v) is 7.01. The number of methoxy groups -OCH3 is 1. The smallest absolute Gasteiger partial charge is 0.351 e. The number of amides is 1. The van der Waals surface area contributed by atoms with Crippen LogP contribution in [0.15, 0.2) is 47.1 Å². The average molecular weight is 400 g/mol. The molecule has 3 aromatic rings. The fourth-order valence-corrected chi connectivity index (χ4v) is 3.40. The molecule has 8 heteroatoms. The Kier molecular flexibility index (Phi) is 6.10. The van der Waals surface area contributed by atoms with Crippen LogP contribution in [0.4, 0.5) is 0 Å². The first-order chi connectivity index (χ1) is 13.5. The predicted octanol–water partition coefficient (Wildman–Crippen LogP) is 3.58. The number of nitrogens with zero attached hydrogens (tertiary/aromatic N) is 1. The van der Waals surface area contributed by atoms with Crippen LogP contribution < -0.4 is 10.1 Å². The largest absolute Gasteiger partial charge is 0.497 e. The van der Waals surface area contributed by atoms with Crippen molar-refractivity contribution in [1.29, 1.82) is 0 Å². The lowest BCUT2D eigenvalue weighted by Crippen LogP contribution is -2.35. The van der Waals surface area contributed by atoms with Crippen molar-refractivity contribution in [1.82, 2.24) is 10.3 Å². The van der Waals surface area contributed by atoms with Gasteiger partial charge in [0.05, 0.1) is 25.6 Å². The molecule has 2 heterocycles. The Morgan fingerprint density at radius 2 is 2.00 bits per heavy atom. The molecule has 7 nitrogen and oxygen atoms in total. The van der Waals surface area contributed by atoms with E-state index in [0.717, 1.165) is 11.3 Å². The number of nitrogens with one attached hydrogen (secondary N) is 1. The van der Waals surface area contributed by atoms with Gasteiger partial charge >= 0.3 is 5.97 Å². The van der Waals surface area contributed by atoms with E-state index >= 15 is 0 Å². The summed E-state index contributed by atoms with van der Waals surface area (Å²) in [5.41, 5.74) is 1.43. The number of aryl methyl sites for hydroxylation is 1. The van der Waals surface area contributed by atoms with Crippen LogP contribution in [0.25, 0.3) is 10.6 Å². The number of carbonyl (C=O) groups excluding carboxylic acids is 2. The Morgan fingerprint density at radius 3 is 2.64 bits per heavy atom. The molecule has 3 rings (SSSR count). The van der Waals surface area contributed by atoms with Crippen LogP contribution in [0.5, 0.6) is 5.75 Å². The summed E-state index contributed by atoms with van der Waals surface area (Å²) in [4.78, 5) is 29.4. The maximum absolute atomic E-state index is 12.5. The summed E-state index contributed by atoms with van der Waals surface area (Å²) in [5.74, 6) is 0.387. The van der Waals surface area contributed by atoms with Crippen LogP contribution in [0, 0.1) is 6.92 Å². The van der Waals surface area contributed by atoms with Gasteiger partial charge in [0.2, 0.25) is 0 Å². The Hall–Kier alpha value is -3.13. The van der Waals surface area contributed by atoms with E-state index in [9.17, 15) is 9.59 Å². The number of aromatic nitrogens is 1. The molecular weight excluding hydrogens is 380 g/mol. The summed E-state index contributed by atoms with van der Waals surface area (Å²) in [6.45, 7) is 3.49. The van der Waals surface area contributed by atoms with Crippen LogP contribution in [0.1, 0.15) is 28.0 Å². The van der Waals surface area contributed by atoms with Gasteiger partial charge in [-0.3, -0.25) is 4.79 Å². The van der Waals surface area contributed by atoms with Crippen LogP contribution in [0.2, 0.25) is 0 Å². The number of carbonyl (C=O) groups is 2. The van der Waals surface area contributed by atoms with E-state index in [0.29, 0.717) is 21.3 Å². The number of benzene rings is 1. The highest BCUT2D eigenvalue weighted by Crippen LogP contribution is 2.29. The highest BCUT2D eigenvalue weighted by molar-refractivity contribution is 7.17. The Labute approximate surface area is 166 Å². The second-order valence-electron chi connectivity index (χ2n) is 6.01. The van der Waals surface area contributed by atoms with E-state index in [1.165, 1.54) is 24.5 Å². The van der Waals surface area contributed by atoms with E-state index in [2.05, 4.69) is 10.3 Å². The van der Waals surface area contributed by atoms with Gasteiger partial charge in [-0.1, -0.05) is 0 Å². The van der Waals surface area contributed by atoms with Crippen molar-refractivity contribution >= 4 is 23.2 Å². The molecule has 0 spiro atoms. The van der Waals surface area contributed by atoms with Gasteiger partial charge in [-0.05, 0) is 50.2 Å². The number of hydrogen-bond donors (Lipinski definition) is 1. The summed E-state index contributed by atoms with van der Waals surface area (Å²) in [6, 6.07) is 10.9. The van der Waals surface area contributed by atoms with Crippen LogP contribution in [0.3, 0.4) is 0 Å². The monoisotopic (exact) mass is 400 g/mol. The highest BCUT2D eigenvalue weighted by atomic mass is 32.1. The maximum Gasteiger partial charge on any atom is 0.351 e. The third-order valence-electron chi connectivity index (χ3n) is 3.99. The minimum Gasteiger partial charge on any atom is -0.497 e. The summed E-state index contributed by atoms with van der Waals surface area (Å²) in [7, 11) is 1.60. The molecule has 0 fully saturated rings. The second kappa shape index (κ2) is 8.71. The molecule has 0 aliphatic rings. The van der Waals surface area contributed by atoms with Crippen molar-refractivity contribution in [2.24, 2.45) is 0 Å². The normalized spacial score (nSPS) is 11.7. The molecule has 0 radical (unpaired) electrons. The van der Waals surface area contributed by atoms with E-state index in [4.69, 9.17) is 13.9 Å². The van der Waals surface area contributed by atoms with E-state index in [-0.39, 0.29) is 6.54 Å². The van der Waals surface area contributed by atoms with E-state index in [1.807, 2.05) is 24.3 Å². The van der Waals surface area contributed by atoms with Crippen molar-refractivity contribution in [3.05, 3.63) is 59.0 Å². The zero-order chi connectivity index (χ0) is 20.1. The number of ether oxygens (including phenoxy) is 2. The minimum atomic E-state index is -0.937. The van der Waals surface area contributed by atoms with Gasteiger partial charge in [-0.2, -0.15) is 0 Å². The molecule has 0 saturated heterocycles. The van der Waals surface area contributed by atoms with Gasteiger partial charge in [-0.25, -0.2) is 9.78 Å². The highest BCUT2D eigenvalue weighted by Gasteiger charge is 2.23. The SMILES string of the molecule is COc1ccc(-c2nc(C)c(C(=O)O[C@@H](C)C(=O)NCc3ccco3)s2)cc1. The van der Waals surface area contributed by atoms with Gasteiger partial charge < -0.3 is 19.2 Å². The first-order valence-corrected chi connectivity index (χ1v) is 9.42. The molecule has 0 aliphatic carbocycles. The third kappa shape index (κ3) is 4.58. The maximum atomic E-state index is 12.5. The number of rotatable bonds is 7. The van der Waals surface area contributed by atoms with Crippen LogP contribution in [-0.4, -0.2) is 30.1 Å². The molecule has 1 atom stereocenters. The molecular formula is C20H20N2O5S. The fraction of sp³-hybridized carbons (Fsp3) is 0.250. The van der Waals surface area contributed by atoms with Crippen molar-refractivity contribution in [3.8, 4) is 16.3 Å². The van der Waals surface area contributed by atoms with Crippen molar-refractivity contribution in [2.45, 2.75) is 26.5 Å². The molecule has 1 N–H and O–H groups in total. The lowest BCUT2D eigenvalue weighted by atomic mass is 10.2. The van der Waals surface area contributed by atoms with Gasteiger partial charge in [0.25, 0.3) is 5.91 Å². The lowest BCUT2D eigenvalue weighted by Gasteiger charge is -2.12. The Balaban J connectivity index is 1.63. The Morgan fingerprint density at radius 1 is 1.25 bits per heavy atom. The fourth-order valence-electron chi connectivity index (χ4n) is 2.44. The van der Waals surface area contributed by atoms with Crippen molar-refractivity contribution < 1.29 is 23.5 Å². The van der Waals surface area contributed by atoms with Crippen LogP contribution in [-0.2, 0) is 16.1 Å². The molecule has 2 aromatic heterocycles. The molecule has 1 aromatic carbocycles. The van der Waals surface area contributed by atoms with Gasteiger partial charge in [0.15, 0.2) is 6.10 Å². The topological polar surface area (TPSA) is 90.7 Å².